The van der Waals surface area contributed by atoms with Crippen molar-refractivity contribution in [2.24, 2.45) is 0 Å². The maximum absolute atomic E-state index is 11.4. The molecular formula is C14H13OS2-. The van der Waals surface area contributed by atoms with Gasteiger partial charge in [-0.3, -0.25) is 0 Å². The van der Waals surface area contributed by atoms with E-state index in [-0.39, 0.29) is 5.12 Å². The zero-order valence-corrected chi connectivity index (χ0v) is 11.7. The Morgan fingerprint density at radius 1 is 1.18 bits per heavy atom. The Morgan fingerprint density at radius 3 is 2.29 bits per heavy atom. The van der Waals surface area contributed by atoms with Crippen molar-refractivity contribution in [2.75, 3.05) is 0 Å². The highest BCUT2D eigenvalue weighted by molar-refractivity contribution is 7.78. The van der Waals surface area contributed by atoms with Crippen LogP contribution in [0.2, 0.25) is 0 Å². The van der Waals surface area contributed by atoms with E-state index in [2.05, 4.69) is 32.9 Å². The zero-order valence-electron chi connectivity index (χ0n) is 10.0. The topological polar surface area (TPSA) is 17.1 Å². The van der Waals surface area contributed by atoms with E-state index in [4.69, 9.17) is 12.6 Å². The summed E-state index contributed by atoms with van der Waals surface area (Å²) >= 11 is 6.19. The highest BCUT2D eigenvalue weighted by Crippen LogP contribution is 2.34. The van der Waals surface area contributed by atoms with Crippen molar-refractivity contribution in [3.05, 3.63) is 45.1 Å². The normalized spacial score (nSPS) is 10.5. The van der Waals surface area contributed by atoms with Crippen LogP contribution < -0.4 is 0 Å². The van der Waals surface area contributed by atoms with Gasteiger partial charge in [0.25, 0.3) is 0 Å². The second-order valence-corrected chi connectivity index (χ2v) is 5.51. The Labute approximate surface area is 111 Å². The monoisotopic (exact) mass is 261 g/mol. The van der Waals surface area contributed by atoms with Gasteiger partial charge in [-0.25, -0.2) is 0 Å². The molecule has 1 heterocycles. The van der Waals surface area contributed by atoms with Crippen molar-refractivity contribution in [1.82, 2.24) is 0 Å². The number of rotatable bonds is 2. The van der Waals surface area contributed by atoms with Gasteiger partial charge in [-0.15, -0.1) is 11.3 Å². The van der Waals surface area contributed by atoms with Crippen LogP contribution in [0, 0.1) is 20.8 Å². The molecule has 1 nitrogen and oxygen atoms in total. The standard InChI is InChI=1S/C14H14OS2/c1-8-6-9(2)12(10(3)7-8)11-4-5-17-13(11)14(15)16/h4-7H,1-3H3,(H,15,16)/p-1. The van der Waals surface area contributed by atoms with E-state index in [0.29, 0.717) is 4.88 Å². The number of carbonyl (C=O) groups is 1. The van der Waals surface area contributed by atoms with Gasteiger partial charge in [0.2, 0.25) is 0 Å². The molecule has 0 amide bonds. The molecule has 0 radical (unpaired) electrons. The van der Waals surface area contributed by atoms with Crippen molar-refractivity contribution < 1.29 is 4.79 Å². The third kappa shape index (κ3) is 2.26. The summed E-state index contributed by atoms with van der Waals surface area (Å²) in [6.45, 7) is 6.23. The first-order valence-electron chi connectivity index (χ1n) is 5.37. The van der Waals surface area contributed by atoms with E-state index in [1.807, 2.05) is 11.4 Å². The Kier molecular flexibility index (Phi) is 3.31. The fourth-order valence-corrected chi connectivity index (χ4v) is 3.26. The maximum Gasteiger partial charge on any atom is 0.0548 e. The minimum atomic E-state index is -0.269. The molecule has 0 N–H and O–H groups in total. The van der Waals surface area contributed by atoms with E-state index >= 15 is 0 Å². The summed E-state index contributed by atoms with van der Waals surface area (Å²) in [6, 6.07) is 6.25. The predicted octanol–water partition coefficient (Wildman–Crippen LogP) is 4.03. The van der Waals surface area contributed by atoms with Gasteiger partial charge in [-0.2, -0.15) is 0 Å². The third-order valence-corrected chi connectivity index (χ3v) is 4.04. The number of hydrogen-bond acceptors (Lipinski definition) is 3. The van der Waals surface area contributed by atoms with Gasteiger partial charge >= 0.3 is 0 Å². The molecule has 2 rings (SSSR count). The molecule has 2 aromatic rings. The summed E-state index contributed by atoms with van der Waals surface area (Å²) in [5.41, 5.74) is 5.75. The predicted molar refractivity (Wildman–Crippen MR) is 75.7 cm³/mol. The minimum Gasteiger partial charge on any atom is -0.736 e. The summed E-state index contributed by atoms with van der Waals surface area (Å²) in [4.78, 5) is 12.1. The molecule has 1 aromatic heterocycles. The summed E-state index contributed by atoms with van der Waals surface area (Å²) < 4.78 is 0. The van der Waals surface area contributed by atoms with Crippen LogP contribution in [0.3, 0.4) is 0 Å². The summed E-state index contributed by atoms with van der Waals surface area (Å²) in [7, 11) is 0. The largest absolute Gasteiger partial charge is 0.736 e. The van der Waals surface area contributed by atoms with Crippen molar-refractivity contribution in [3.63, 3.8) is 0 Å². The highest BCUT2D eigenvalue weighted by Gasteiger charge is 2.12. The molecule has 17 heavy (non-hydrogen) atoms. The second kappa shape index (κ2) is 4.59. The van der Waals surface area contributed by atoms with Gasteiger partial charge in [0, 0.05) is 5.56 Å². The molecule has 1 aromatic carbocycles. The summed E-state index contributed by atoms with van der Waals surface area (Å²) in [6.07, 6.45) is 0. The average Bonchev–Trinajstić information content (AvgIpc) is 2.64. The van der Waals surface area contributed by atoms with E-state index in [9.17, 15) is 4.79 Å². The first-order chi connectivity index (χ1) is 8.00. The van der Waals surface area contributed by atoms with Crippen LogP contribution in [0.15, 0.2) is 23.6 Å². The van der Waals surface area contributed by atoms with Crippen LogP contribution in [-0.2, 0) is 12.6 Å². The van der Waals surface area contributed by atoms with Gasteiger partial charge in [0.05, 0.1) is 9.99 Å². The first-order valence-corrected chi connectivity index (χ1v) is 6.66. The molecule has 0 spiro atoms. The smallest absolute Gasteiger partial charge is 0.0548 e. The van der Waals surface area contributed by atoms with Crippen molar-refractivity contribution >= 4 is 29.1 Å². The Balaban J connectivity index is 2.69. The first kappa shape index (κ1) is 12.3. The van der Waals surface area contributed by atoms with E-state index < -0.39 is 0 Å². The third-order valence-electron chi connectivity index (χ3n) is 2.80. The molecule has 0 unspecified atom stereocenters. The van der Waals surface area contributed by atoms with Crippen molar-refractivity contribution in [2.45, 2.75) is 20.8 Å². The lowest BCUT2D eigenvalue weighted by Gasteiger charge is -2.13. The zero-order chi connectivity index (χ0) is 12.6. The van der Waals surface area contributed by atoms with Crippen molar-refractivity contribution in [1.29, 1.82) is 0 Å². The lowest BCUT2D eigenvalue weighted by molar-refractivity contribution is 0.109. The molecule has 0 bridgehead atoms. The maximum atomic E-state index is 11.4. The molecule has 0 saturated heterocycles. The summed E-state index contributed by atoms with van der Waals surface area (Å²) in [5, 5.41) is 1.66. The molecule has 0 aliphatic carbocycles. The van der Waals surface area contributed by atoms with E-state index in [0.717, 1.165) is 11.1 Å². The quantitative estimate of drug-likeness (QED) is 0.759. The van der Waals surface area contributed by atoms with Crippen molar-refractivity contribution in [3.8, 4) is 11.1 Å². The van der Waals surface area contributed by atoms with Crippen LogP contribution in [0.4, 0.5) is 0 Å². The molecule has 0 saturated carbocycles. The van der Waals surface area contributed by atoms with Gasteiger partial charge < -0.3 is 17.4 Å². The average molecular weight is 261 g/mol. The second-order valence-electron chi connectivity index (χ2n) is 4.22. The number of carbonyl (C=O) groups excluding carboxylic acids is 1. The lowest BCUT2D eigenvalue weighted by atomic mass is 9.94. The SMILES string of the molecule is Cc1cc(C)c(-c2ccsc2C(=O)[S-])c(C)c1. The molecule has 0 fully saturated rings. The fourth-order valence-electron chi connectivity index (χ4n) is 2.27. The molecule has 88 valence electrons. The Morgan fingerprint density at radius 2 is 1.76 bits per heavy atom. The minimum absolute atomic E-state index is 0.269. The number of thiophene rings is 1. The van der Waals surface area contributed by atoms with Gasteiger partial charge in [-0.05, 0) is 48.9 Å². The van der Waals surface area contributed by atoms with Crippen LogP contribution in [-0.4, -0.2) is 5.12 Å². The van der Waals surface area contributed by atoms with Gasteiger partial charge in [-0.1, -0.05) is 17.7 Å². The molecule has 3 heteroatoms. The van der Waals surface area contributed by atoms with Crippen LogP contribution in [0.1, 0.15) is 26.4 Å². The van der Waals surface area contributed by atoms with Crippen LogP contribution in [0.5, 0.6) is 0 Å². The molecule has 0 aliphatic rings. The molecular weight excluding hydrogens is 248 g/mol. The van der Waals surface area contributed by atoms with Gasteiger partial charge in [0.1, 0.15) is 0 Å². The number of hydrogen-bond donors (Lipinski definition) is 0. The van der Waals surface area contributed by atoms with Crippen LogP contribution in [0.25, 0.3) is 11.1 Å². The molecule has 0 aliphatic heterocycles. The Bertz CT molecular complexity index is 559. The van der Waals surface area contributed by atoms with Gasteiger partial charge in [0.15, 0.2) is 0 Å². The lowest BCUT2D eigenvalue weighted by Crippen LogP contribution is -1.95. The summed E-state index contributed by atoms with van der Waals surface area (Å²) in [5.74, 6) is 0. The highest BCUT2D eigenvalue weighted by atomic mass is 32.1. The molecule has 0 atom stereocenters. The fraction of sp³-hybridized carbons (Fsp3) is 0.214. The number of benzene rings is 1. The Hall–Kier alpha value is -1.19. The van der Waals surface area contributed by atoms with Crippen LogP contribution >= 0.6 is 11.3 Å². The number of aryl methyl sites for hydroxylation is 3. The van der Waals surface area contributed by atoms with E-state index in [1.165, 1.54) is 28.0 Å². The van der Waals surface area contributed by atoms with E-state index in [1.54, 1.807) is 0 Å².